The Hall–Kier alpha value is -3.06. The number of ether oxygens (including phenoxy) is 1. The number of pyridine rings is 1. The number of rotatable bonds is 5. The number of fused-ring (bicyclic) bond motifs is 1. The maximum Gasteiger partial charge on any atom is 0.189 e. The van der Waals surface area contributed by atoms with E-state index in [1.807, 2.05) is 12.1 Å². The van der Waals surface area contributed by atoms with Crippen LogP contribution in [0.5, 0.6) is 5.75 Å². The molecule has 0 amide bonds. The average Bonchev–Trinajstić information content (AvgIpc) is 3.10. The Kier molecular flexibility index (Phi) is 3.80. The Labute approximate surface area is 163 Å². The monoisotopic (exact) mass is 376 g/mol. The zero-order valence-corrected chi connectivity index (χ0v) is 16.3. The summed E-state index contributed by atoms with van der Waals surface area (Å²) in [6.45, 7) is 4.43. The molecule has 1 aliphatic carbocycles. The highest BCUT2D eigenvalue weighted by atomic mass is 16.5. The molecule has 144 valence electrons. The summed E-state index contributed by atoms with van der Waals surface area (Å²) in [7, 11) is 1.72. The third kappa shape index (κ3) is 2.79. The maximum atomic E-state index is 5.53. The van der Waals surface area contributed by atoms with E-state index in [-0.39, 0.29) is 5.41 Å². The lowest BCUT2D eigenvalue weighted by Gasteiger charge is -2.11. The summed E-state index contributed by atoms with van der Waals surface area (Å²) in [5.41, 5.74) is 15.4. The number of nitrogens with zero attached hydrogens (tertiary/aromatic N) is 2. The van der Waals surface area contributed by atoms with Crippen molar-refractivity contribution in [3.63, 3.8) is 0 Å². The molecule has 28 heavy (non-hydrogen) atoms. The molecule has 1 aromatic carbocycles. The fraction of sp³-hybridized carbons (Fsp3) is 0.333. The van der Waals surface area contributed by atoms with E-state index in [2.05, 4.69) is 58.6 Å². The van der Waals surface area contributed by atoms with Crippen molar-refractivity contribution in [2.75, 3.05) is 7.11 Å². The van der Waals surface area contributed by atoms with Gasteiger partial charge >= 0.3 is 0 Å². The predicted octanol–water partition coefficient (Wildman–Crippen LogP) is 2.80. The molecular weight excluding hydrogens is 352 g/mol. The third-order valence-electron chi connectivity index (χ3n) is 5.84. The van der Waals surface area contributed by atoms with Gasteiger partial charge in [-0.25, -0.2) is 10.5 Å². The number of hydrazine groups is 2. The topological polar surface area (TPSA) is 86.4 Å². The molecule has 0 radical (unpaired) electrons. The lowest BCUT2D eigenvalue weighted by atomic mass is 9.95. The van der Waals surface area contributed by atoms with Crippen LogP contribution in [0, 0.1) is 6.92 Å². The molecule has 7 nitrogen and oxygen atoms in total. The molecule has 2 aromatic heterocycles. The number of aromatic amines is 1. The molecule has 5 rings (SSSR count). The van der Waals surface area contributed by atoms with Crippen molar-refractivity contribution >= 4 is 16.7 Å². The molecule has 0 unspecified atom stereocenters. The van der Waals surface area contributed by atoms with Crippen LogP contribution in [0.25, 0.3) is 10.9 Å². The Balaban J connectivity index is 1.60. The standard InChI is InChI=1S/C21H24N6O/c1-12-9-14-15(10-13-5-4-6-16(22-13)20-24-26-27-25-20)19(21(2)7-8-21)23-17(14)11-18(12)28-3/h4-6,9,11,23,26-27H,7-8,10H2,1-3H3,(H,24,25). The number of nitrogens with one attached hydrogen (secondary N) is 4. The zero-order valence-electron chi connectivity index (χ0n) is 16.3. The fourth-order valence-corrected chi connectivity index (χ4v) is 3.95. The van der Waals surface area contributed by atoms with E-state index in [1.165, 1.54) is 29.5 Å². The Morgan fingerprint density at radius 1 is 1.21 bits per heavy atom. The molecule has 3 aromatic rings. The average molecular weight is 376 g/mol. The summed E-state index contributed by atoms with van der Waals surface area (Å²) in [6.07, 6.45) is 3.21. The number of aromatic nitrogens is 2. The van der Waals surface area contributed by atoms with Gasteiger partial charge in [-0.3, -0.25) is 5.43 Å². The number of H-pyrrole nitrogens is 1. The smallest absolute Gasteiger partial charge is 0.189 e. The first kappa shape index (κ1) is 17.1. The highest BCUT2D eigenvalue weighted by Crippen LogP contribution is 2.50. The normalized spacial score (nSPS) is 17.2. The number of amidine groups is 1. The Bertz CT molecular complexity index is 1100. The first-order valence-corrected chi connectivity index (χ1v) is 9.57. The number of methoxy groups -OCH3 is 1. The second-order valence-electron chi connectivity index (χ2n) is 7.92. The largest absolute Gasteiger partial charge is 0.496 e. The fourth-order valence-electron chi connectivity index (χ4n) is 3.95. The Morgan fingerprint density at radius 3 is 2.79 bits per heavy atom. The lowest BCUT2D eigenvalue weighted by molar-refractivity contribution is 0.412. The van der Waals surface area contributed by atoms with Crippen LogP contribution in [-0.4, -0.2) is 22.9 Å². The van der Waals surface area contributed by atoms with E-state index < -0.39 is 0 Å². The van der Waals surface area contributed by atoms with E-state index in [0.717, 1.165) is 34.6 Å². The van der Waals surface area contributed by atoms with Crippen molar-refractivity contribution in [3.05, 3.63) is 58.5 Å². The minimum Gasteiger partial charge on any atom is -0.496 e. The Morgan fingerprint density at radius 2 is 2.07 bits per heavy atom. The quantitative estimate of drug-likeness (QED) is 0.550. The van der Waals surface area contributed by atoms with Crippen LogP contribution in [0.15, 0.2) is 35.4 Å². The van der Waals surface area contributed by atoms with E-state index in [9.17, 15) is 0 Å². The van der Waals surface area contributed by atoms with Gasteiger partial charge in [0.15, 0.2) is 5.84 Å². The highest BCUT2D eigenvalue weighted by Gasteiger charge is 2.42. The number of hydrogen-bond acceptors (Lipinski definition) is 6. The number of hydrogen-bond donors (Lipinski definition) is 4. The number of hydrazone groups is 1. The van der Waals surface area contributed by atoms with Gasteiger partial charge in [0.1, 0.15) is 11.4 Å². The summed E-state index contributed by atoms with van der Waals surface area (Å²) in [6, 6.07) is 10.4. The minimum absolute atomic E-state index is 0.234. The highest BCUT2D eigenvalue weighted by molar-refractivity contribution is 5.97. The van der Waals surface area contributed by atoms with Crippen molar-refractivity contribution in [1.82, 2.24) is 26.5 Å². The molecule has 0 bridgehead atoms. The van der Waals surface area contributed by atoms with Crippen molar-refractivity contribution < 1.29 is 4.74 Å². The van der Waals surface area contributed by atoms with E-state index >= 15 is 0 Å². The SMILES string of the molecule is COc1cc2[nH]c(C3(C)CC3)c(Cc3cccc(C4=NNNN4)n3)c2cc1C. The molecule has 0 spiro atoms. The van der Waals surface area contributed by atoms with Gasteiger partial charge in [-0.1, -0.05) is 13.0 Å². The van der Waals surface area contributed by atoms with E-state index in [1.54, 1.807) is 7.11 Å². The number of aryl methyl sites for hydroxylation is 1. The van der Waals surface area contributed by atoms with E-state index in [4.69, 9.17) is 9.72 Å². The maximum absolute atomic E-state index is 5.53. The molecule has 1 saturated carbocycles. The van der Waals surface area contributed by atoms with Crippen molar-refractivity contribution in [3.8, 4) is 5.75 Å². The van der Waals surface area contributed by atoms with Gasteiger partial charge in [-0.05, 0) is 49.1 Å². The van der Waals surface area contributed by atoms with Crippen LogP contribution in [0.4, 0.5) is 0 Å². The van der Waals surface area contributed by atoms with Gasteiger partial charge in [0, 0.05) is 40.2 Å². The first-order valence-electron chi connectivity index (χ1n) is 9.57. The van der Waals surface area contributed by atoms with E-state index in [0.29, 0.717) is 5.84 Å². The molecule has 0 saturated heterocycles. The van der Waals surface area contributed by atoms with Crippen LogP contribution in [-0.2, 0) is 11.8 Å². The molecule has 4 N–H and O–H groups in total. The first-order chi connectivity index (χ1) is 13.6. The van der Waals surface area contributed by atoms with Crippen LogP contribution in [0.2, 0.25) is 0 Å². The van der Waals surface area contributed by atoms with Gasteiger partial charge < -0.3 is 9.72 Å². The van der Waals surface area contributed by atoms with Crippen molar-refractivity contribution in [2.24, 2.45) is 5.10 Å². The van der Waals surface area contributed by atoms with Gasteiger partial charge in [0.05, 0.1) is 7.11 Å². The van der Waals surface area contributed by atoms with Crippen LogP contribution in [0.3, 0.4) is 0 Å². The summed E-state index contributed by atoms with van der Waals surface area (Å²) < 4.78 is 5.53. The lowest BCUT2D eigenvalue weighted by Crippen LogP contribution is -2.35. The summed E-state index contributed by atoms with van der Waals surface area (Å²) in [5.74, 6) is 1.61. The molecule has 1 aliphatic heterocycles. The molecule has 3 heterocycles. The van der Waals surface area contributed by atoms with Gasteiger partial charge in [-0.15, -0.1) is 10.6 Å². The van der Waals surface area contributed by atoms with Crippen molar-refractivity contribution in [1.29, 1.82) is 0 Å². The third-order valence-corrected chi connectivity index (χ3v) is 5.84. The number of benzene rings is 1. The second-order valence-corrected chi connectivity index (χ2v) is 7.92. The summed E-state index contributed by atoms with van der Waals surface area (Å²) in [4.78, 5) is 8.52. The van der Waals surface area contributed by atoms with Gasteiger partial charge in [0.2, 0.25) is 0 Å². The molecule has 0 atom stereocenters. The minimum atomic E-state index is 0.234. The molecule has 1 fully saturated rings. The van der Waals surface area contributed by atoms with Gasteiger partial charge in [-0.2, -0.15) is 0 Å². The molecule has 7 heteroatoms. The van der Waals surface area contributed by atoms with Gasteiger partial charge in [0.25, 0.3) is 0 Å². The predicted molar refractivity (Wildman–Crippen MR) is 109 cm³/mol. The van der Waals surface area contributed by atoms with Crippen LogP contribution < -0.4 is 21.2 Å². The van der Waals surface area contributed by atoms with Crippen molar-refractivity contribution in [2.45, 2.75) is 38.5 Å². The molecular formula is C21H24N6O. The molecule has 2 aliphatic rings. The van der Waals surface area contributed by atoms with Crippen LogP contribution in [0.1, 0.15) is 48.0 Å². The second kappa shape index (κ2) is 6.24. The summed E-state index contributed by atoms with van der Waals surface area (Å²) in [5, 5.41) is 5.41. The van der Waals surface area contributed by atoms with Crippen LogP contribution >= 0.6 is 0 Å². The zero-order chi connectivity index (χ0) is 19.3. The summed E-state index contributed by atoms with van der Waals surface area (Å²) >= 11 is 0.